The van der Waals surface area contributed by atoms with Gasteiger partial charge >= 0.3 is 11.9 Å². The van der Waals surface area contributed by atoms with Crippen LogP contribution in [0.3, 0.4) is 0 Å². The lowest BCUT2D eigenvalue weighted by molar-refractivity contribution is -0.148. The summed E-state index contributed by atoms with van der Waals surface area (Å²) in [6, 6.07) is 0. The summed E-state index contributed by atoms with van der Waals surface area (Å²) in [5, 5.41) is 0. The molecule has 0 spiro atoms. The molecule has 0 aliphatic carbocycles. The minimum absolute atomic E-state index is 0.126. The predicted molar refractivity (Wildman–Crippen MR) is 90.9 cm³/mol. The molecule has 0 aromatic rings. The van der Waals surface area contributed by atoms with Crippen molar-refractivity contribution in [1.82, 2.24) is 0 Å². The van der Waals surface area contributed by atoms with E-state index in [4.69, 9.17) is 18.9 Å². The Labute approximate surface area is 145 Å². The molecule has 0 saturated heterocycles. The Kier molecular flexibility index (Phi) is 20.7. The fourth-order valence-corrected chi connectivity index (χ4v) is 1.42. The van der Waals surface area contributed by atoms with Gasteiger partial charge in [0, 0.05) is 27.1 Å². The van der Waals surface area contributed by atoms with Gasteiger partial charge in [0.05, 0.1) is 26.4 Å². The van der Waals surface area contributed by atoms with Gasteiger partial charge in [0.15, 0.2) is 0 Å². The van der Waals surface area contributed by atoms with E-state index in [1.54, 1.807) is 0 Å². The lowest BCUT2D eigenvalue weighted by atomic mass is 10.4. The second-order valence-electron chi connectivity index (χ2n) is 5.06. The van der Waals surface area contributed by atoms with E-state index in [-0.39, 0.29) is 18.0 Å². The summed E-state index contributed by atoms with van der Waals surface area (Å²) in [5.74, 6) is -0.525. The number of ether oxygens (including phenoxy) is 5. The van der Waals surface area contributed by atoms with Crippen molar-refractivity contribution in [3.8, 4) is 0 Å². The van der Waals surface area contributed by atoms with E-state index in [9.17, 15) is 9.59 Å². The zero-order valence-corrected chi connectivity index (χ0v) is 15.8. The molecule has 0 rings (SSSR count). The molecule has 0 fully saturated rings. The highest BCUT2D eigenvalue weighted by atomic mass is 16.6. The minimum Gasteiger partial charge on any atom is -0.463 e. The summed E-state index contributed by atoms with van der Waals surface area (Å²) < 4.78 is 25.0. The molecule has 0 aromatic carbocycles. The SMILES string of the molecule is CCCOCC(C)OC(C)=O.CCCOCCOCCOC(C)=O. The van der Waals surface area contributed by atoms with Gasteiger partial charge in [-0.3, -0.25) is 9.59 Å². The predicted octanol–water partition coefficient (Wildman–Crippen LogP) is 2.36. The van der Waals surface area contributed by atoms with Crippen molar-refractivity contribution in [2.75, 3.05) is 46.2 Å². The van der Waals surface area contributed by atoms with Crippen molar-refractivity contribution in [3.05, 3.63) is 0 Å². The third-order valence-corrected chi connectivity index (χ3v) is 2.32. The highest BCUT2D eigenvalue weighted by Gasteiger charge is 2.03. The standard InChI is InChI=1S/C9H18O4.C8H16O3/c1-3-4-11-5-6-12-7-8-13-9(2)10;1-4-5-10-6-7(2)11-8(3)9/h3-8H2,1-2H3;7H,4-6H2,1-3H3. The summed E-state index contributed by atoms with van der Waals surface area (Å²) in [6.45, 7) is 12.6. The van der Waals surface area contributed by atoms with Gasteiger partial charge in [0.25, 0.3) is 0 Å². The van der Waals surface area contributed by atoms with E-state index in [1.165, 1.54) is 13.8 Å². The first-order valence-corrected chi connectivity index (χ1v) is 8.47. The first-order chi connectivity index (χ1) is 11.4. The molecule has 0 aliphatic rings. The van der Waals surface area contributed by atoms with Crippen LogP contribution in [0.2, 0.25) is 0 Å². The highest BCUT2D eigenvalue weighted by Crippen LogP contribution is 1.93. The molecular weight excluding hydrogens is 316 g/mol. The first kappa shape index (κ1) is 25.1. The van der Waals surface area contributed by atoms with Gasteiger partial charge in [-0.25, -0.2) is 0 Å². The van der Waals surface area contributed by atoms with Crippen LogP contribution in [0, 0.1) is 0 Å². The van der Waals surface area contributed by atoms with Crippen LogP contribution in [-0.2, 0) is 33.3 Å². The van der Waals surface area contributed by atoms with Crippen LogP contribution in [0.1, 0.15) is 47.5 Å². The highest BCUT2D eigenvalue weighted by molar-refractivity contribution is 5.66. The zero-order chi connectivity index (χ0) is 18.6. The molecule has 0 amide bonds. The van der Waals surface area contributed by atoms with Crippen molar-refractivity contribution < 1.29 is 33.3 Å². The van der Waals surface area contributed by atoms with Crippen LogP contribution < -0.4 is 0 Å². The summed E-state index contributed by atoms with van der Waals surface area (Å²) >= 11 is 0. The fraction of sp³-hybridized carbons (Fsp3) is 0.882. The van der Waals surface area contributed by atoms with Crippen molar-refractivity contribution in [1.29, 1.82) is 0 Å². The van der Waals surface area contributed by atoms with Crippen LogP contribution in [0.15, 0.2) is 0 Å². The minimum atomic E-state index is -0.272. The smallest absolute Gasteiger partial charge is 0.302 e. The monoisotopic (exact) mass is 350 g/mol. The Hall–Kier alpha value is -1.18. The second kappa shape index (κ2) is 19.9. The first-order valence-electron chi connectivity index (χ1n) is 8.47. The number of rotatable bonds is 13. The quantitative estimate of drug-likeness (QED) is 0.372. The van der Waals surface area contributed by atoms with Crippen LogP contribution in [0.25, 0.3) is 0 Å². The number of esters is 2. The summed E-state index contributed by atoms with van der Waals surface area (Å²) in [6.07, 6.45) is 1.89. The molecule has 0 N–H and O–H groups in total. The lowest BCUT2D eigenvalue weighted by Gasteiger charge is -2.11. The lowest BCUT2D eigenvalue weighted by Crippen LogP contribution is -2.18. The Morgan fingerprint density at radius 3 is 1.75 bits per heavy atom. The molecule has 0 aromatic heterocycles. The molecule has 0 radical (unpaired) electrons. The number of carbonyl (C=O) groups excluding carboxylic acids is 2. The molecule has 144 valence electrons. The maximum absolute atomic E-state index is 10.4. The Bertz CT molecular complexity index is 295. The molecule has 0 aliphatic heterocycles. The Morgan fingerprint density at radius 2 is 1.25 bits per heavy atom. The van der Waals surface area contributed by atoms with Crippen molar-refractivity contribution in [2.45, 2.75) is 53.6 Å². The average Bonchev–Trinajstić information content (AvgIpc) is 2.50. The Morgan fingerprint density at radius 1 is 0.750 bits per heavy atom. The van der Waals surface area contributed by atoms with Crippen molar-refractivity contribution in [2.24, 2.45) is 0 Å². The van der Waals surface area contributed by atoms with Gasteiger partial charge in [-0.05, 0) is 19.8 Å². The summed E-state index contributed by atoms with van der Waals surface area (Å²) in [5.41, 5.74) is 0. The molecular formula is C17H34O7. The van der Waals surface area contributed by atoms with Crippen LogP contribution in [-0.4, -0.2) is 64.3 Å². The summed E-state index contributed by atoms with van der Waals surface area (Å²) in [7, 11) is 0. The van der Waals surface area contributed by atoms with Gasteiger partial charge in [-0.2, -0.15) is 0 Å². The van der Waals surface area contributed by atoms with Crippen LogP contribution in [0.4, 0.5) is 0 Å². The molecule has 0 saturated carbocycles. The number of hydrogen-bond donors (Lipinski definition) is 0. The van der Waals surface area contributed by atoms with E-state index in [2.05, 4.69) is 11.7 Å². The largest absolute Gasteiger partial charge is 0.463 e. The third kappa shape index (κ3) is 25.8. The van der Waals surface area contributed by atoms with Crippen LogP contribution >= 0.6 is 0 Å². The summed E-state index contributed by atoms with van der Waals surface area (Å²) in [4.78, 5) is 20.7. The number of hydrogen-bond acceptors (Lipinski definition) is 7. The second-order valence-corrected chi connectivity index (χ2v) is 5.06. The van der Waals surface area contributed by atoms with Gasteiger partial charge in [-0.1, -0.05) is 13.8 Å². The van der Waals surface area contributed by atoms with Crippen LogP contribution in [0.5, 0.6) is 0 Å². The molecule has 1 unspecified atom stereocenters. The van der Waals surface area contributed by atoms with Gasteiger partial charge in [0.1, 0.15) is 12.7 Å². The van der Waals surface area contributed by atoms with E-state index in [0.29, 0.717) is 33.0 Å². The normalized spacial score (nSPS) is 11.2. The Balaban J connectivity index is 0. The van der Waals surface area contributed by atoms with Crippen molar-refractivity contribution in [3.63, 3.8) is 0 Å². The van der Waals surface area contributed by atoms with E-state index < -0.39 is 0 Å². The third-order valence-electron chi connectivity index (χ3n) is 2.32. The maximum Gasteiger partial charge on any atom is 0.302 e. The van der Waals surface area contributed by atoms with Crippen molar-refractivity contribution >= 4 is 11.9 Å². The molecule has 24 heavy (non-hydrogen) atoms. The maximum atomic E-state index is 10.4. The van der Waals surface area contributed by atoms with E-state index in [0.717, 1.165) is 26.1 Å². The molecule has 7 nitrogen and oxygen atoms in total. The molecule has 7 heteroatoms. The topological polar surface area (TPSA) is 80.3 Å². The molecule has 0 bridgehead atoms. The van der Waals surface area contributed by atoms with Gasteiger partial charge < -0.3 is 23.7 Å². The zero-order valence-electron chi connectivity index (χ0n) is 15.8. The molecule has 1 atom stereocenters. The molecule has 0 heterocycles. The van der Waals surface area contributed by atoms with E-state index >= 15 is 0 Å². The van der Waals surface area contributed by atoms with Gasteiger partial charge in [0.2, 0.25) is 0 Å². The fourth-order valence-electron chi connectivity index (χ4n) is 1.42. The average molecular weight is 350 g/mol. The van der Waals surface area contributed by atoms with Gasteiger partial charge in [-0.15, -0.1) is 0 Å². The number of carbonyl (C=O) groups is 2. The van der Waals surface area contributed by atoms with E-state index in [1.807, 2.05) is 13.8 Å².